The summed E-state index contributed by atoms with van der Waals surface area (Å²) in [6.07, 6.45) is 9.87. The number of hydrogen-bond acceptors (Lipinski definition) is 3. The van der Waals surface area contributed by atoms with E-state index in [1.165, 1.54) is 50.0 Å². The third-order valence-corrected chi connectivity index (χ3v) is 6.29. The van der Waals surface area contributed by atoms with E-state index in [9.17, 15) is 0 Å². The van der Waals surface area contributed by atoms with Gasteiger partial charge < -0.3 is 0 Å². The third kappa shape index (κ3) is 2.57. The van der Waals surface area contributed by atoms with Crippen LogP contribution in [-0.4, -0.2) is 10.2 Å². The molecule has 1 aromatic heterocycles. The molecular weight excluding hydrogens is 264 g/mol. The average Bonchev–Trinajstić information content (AvgIpc) is 2.88. The van der Waals surface area contributed by atoms with Gasteiger partial charge >= 0.3 is 0 Å². The molecule has 1 heterocycles. The summed E-state index contributed by atoms with van der Waals surface area (Å²) >= 11 is 7.81. The highest BCUT2D eigenvalue weighted by Gasteiger charge is 2.34. The Balaban J connectivity index is 1.69. The molecule has 2 nitrogen and oxygen atoms in total. The minimum Gasteiger partial charge on any atom is -0.143 e. The summed E-state index contributed by atoms with van der Waals surface area (Å²) in [6, 6.07) is 0. The van der Waals surface area contributed by atoms with Gasteiger partial charge in [0.25, 0.3) is 0 Å². The van der Waals surface area contributed by atoms with E-state index in [1.807, 2.05) is 6.92 Å². The lowest BCUT2D eigenvalue weighted by Gasteiger charge is -2.38. The molecule has 4 heteroatoms. The molecule has 0 amide bonds. The highest BCUT2D eigenvalue weighted by Crippen LogP contribution is 2.46. The van der Waals surface area contributed by atoms with Gasteiger partial charge in [0.15, 0.2) is 0 Å². The van der Waals surface area contributed by atoms with Gasteiger partial charge in [0, 0.05) is 5.92 Å². The van der Waals surface area contributed by atoms with Crippen LogP contribution in [0.2, 0.25) is 0 Å². The first-order valence-corrected chi connectivity index (χ1v) is 8.46. The van der Waals surface area contributed by atoms with Gasteiger partial charge in [0.2, 0.25) is 0 Å². The van der Waals surface area contributed by atoms with Crippen molar-refractivity contribution in [3.8, 4) is 0 Å². The van der Waals surface area contributed by atoms with Gasteiger partial charge in [-0.2, -0.15) is 0 Å². The lowest BCUT2D eigenvalue weighted by Crippen LogP contribution is -2.26. The number of halogens is 1. The second-order valence-electron chi connectivity index (χ2n) is 5.91. The van der Waals surface area contributed by atoms with E-state index in [2.05, 4.69) is 10.2 Å². The molecule has 2 saturated carbocycles. The van der Waals surface area contributed by atoms with E-state index in [-0.39, 0.29) is 5.38 Å². The van der Waals surface area contributed by atoms with Crippen molar-refractivity contribution in [2.75, 3.05) is 0 Å². The van der Waals surface area contributed by atoms with Crippen molar-refractivity contribution < 1.29 is 0 Å². The summed E-state index contributed by atoms with van der Waals surface area (Å²) in [6.45, 7) is 1.98. The van der Waals surface area contributed by atoms with Crippen LogP contribution < -0.4 is 0 Å². The molecule has 100 valence electrons. The van der Waals surface area contributed by atoms with Crippen LogP contribution in [0.15, 0.2) is 0 Å². The van der Waals surface area contributed by atoms with E-state index in [4.69, 9.17) is 11.6 Å². The molecule has 0 spiro atoms. The summed E-state index contributed by atoms with van der Waals surface area (Å²) in [5.41, 5.74) is 0. The van der Waals surface area contributed by atoms with Crippen LogP contribution in [0.25, 0.3) is 0 Å². The van der Waals surface area contributed by atoms with Crippen molar-refractivity contribution >= 4 is 22.9 Å². The highest BCUT2D eigenvalue weighted by molar-refractivity contribution is 7.11. The zero-order chi connectivity index (χ0) is 12.5. The van der Waals surface area contributed by atoms with Crippen LogP contribution in [0.1, 0.15) is 73.2 Å². The zero-order valence-corrected chi connectivity index (χ0v) is 12.5. The molecule has 2 aliphatic carbocycles. The molecule has 1 aromatic rings. The number of aromatic nitrogens is 2. The Morgan fingerprint density at radius 3 is 2.61 bits per heavy atom. The maximum Gasteiger partial charge on any atom is 0.135 e. The summed E-state index contributed by atoms with van der Waals surface area (Å²) in [5.74, 6) is 2.62. The molecule has 0 aromatic carbocycles. The number of alkyl halides is 1. The van der Waals surface area contributed by atoms with Crippen LogP contribution >= 0.6 is 22.9 Å². The smallest absolute Gasteiger partial charge is 0.135 e. The van der Waals surface area contributed by atoms with E-state index < -0.39 is 0 Å². The Hall–Kier alpha value is -0.150. The van der Waals surface area contributed by atoms with Gasteiger partial charge in [-0.1, -0.05) is 37.0 Å². The van der Waals surface area contributed by atoms with Crippen LogP contribution in [0.5, 0.6) is 0 Å². The van der Waals surface area contributed by atoms with Crippen molar-refractivity contribution in [2.45, 2.75) is 63.2 Å². The summed E-state index contributed by atoms with van der Waals surface area (Å²) < 4.78 is 0. The summed E-state index contributed by atoms with van der Waals surface area (Å²) in [5, 5.41) is 10.8. The second kappa shape index (κ2) is 5.46. The number of nitrogens with zero attached hydrogens (tertiary/aromatic N) is 2. The first-order chi connectivity index (χ1) is 8.74. The van der Waals surface area contributed by atoms with E-state index in [0.29, 0.717) is 5.92 Å². The lowest BCUT2D eigenvalue weighted by molar-refractivity contribution is 0.155. The number of fused-ring (bicyclic) bond motifs is 1. The Morgan fingerprint density at radius 2 is 1.89 bits per heavy atom. The van der Waals surface area contributed by atoms with Gasteiger partial charge in [0.05, 0.1) is 5.38 Å². The molecule has 18 heavy (non-hydrogen) atoms. The molecule has 3 rings (SSSR count). The Labute approximate surface area is 118 Å². The van der Waals surface area contributed by atoms with Crippen molar-refractivity contribution in [3.63, 3.8) is 0 Å². The first kappa shape index (κ1) is 12.9. The number of rotatable bonds is 2. The summed E-state index contributed by atoms with van der Waals surface area (Å²) in [7, 11) is 0. The molecule has 0 radical (unpaired) electrons. The minimum absolute atomic E-state index is 0.00210. The average molecular weight is 285 g/mol. The fourth-order valence-electron chi connectivity index (χ4n) is 3.67. The van der Waals surface area contributed by atoms with Gasteiger partial charge in [0.1, 0.15) is 10.0 Å². The monoisotopic (exact) mass is 284 g/mol. The van der Waals surface area contributed by atoms with Gasteiger partial charge in [-0.05, 0) is 38.0 Å². The Morgan fingerprint density at radius 1 is 1.11 bits per heavy atom. The molecule has 0 aliphatic heterocycles. The van der Waals surface area contributed by atoms with Crippen LogP contribution in [0, 0.1) is 11.8 Å². The van der Waals surface area contributed by atoms with Crippen molar-refractivity contribution in [3.05, 3.63) is 10.0 Å². The summed E-state index contributed by atoms with van der Waals surface area (Å²) in [4.78, 5) is 0. The van der Waals surface area contributed by atoms with E-state index >= 15 is 0 Å². The van der Waals surface area contributed by atoms with E-state index in [1.54, 1.807) is 11.3 Å². The largest absolute Gasteiger partial charge is 0.143 e. The van der Waals surface area contributed by atoms with Crippen molar-refractivity contribution in [1.82, 2.24) is 10.2 Å². The van der Waals surface area contributed by atoms with E-state index in [0.717, 1.165) is 16.8 Å². The SMILES string of the molecule is CC(Cl)c1nnc(C2CCC3CCCCC3C2)s1. The third-order valence-electron chi connectivity index (χ3n) is 4.69. The molecule has 2 aliphatic rings. The molecule has 0 bridgehead atoms. The maximum atomic E-state index is 6.07. The minimum atomic E-state index is 0.00210. The predicted molar refractivity (Wildman–Crippen MR) is 76.2 cm³/mol. The lowest BCUT2D eigenvalue weighted by atomic mass is 9.68. The van der Waals surface area contributed by atoms with Crippen molar-refractivity contribution in [2.24, 2.45) is 11.8 Å². The topological polar surface area (TPSA) is 25.8 Å². The molecule has 2 fully saturated rings. The number of hydrogen-bond donors (Lipinski definition) is 0. The standard InChI is InChI=1S/C14H21ClN2S/c1-9(15)13-16-17-14(18-13)12-7-6-10-4-2-3-5-11(10)8-12/h9-12H,2-8H2,1H3. The Bertz CT molecular complexity index is 404. The van der Waals surface area contributed by atoms with Crippen LogP contribution in [0.3, 0.4) is 0 Å². The molecule has 0 saturated heterocycles. The normalized spacial score (nSPS) is 34.0. The second-order valence-corrected chi connectivity index (χ2v) is 7.60. The van der Waals surface area contributed by atoms with Crippen LogP contribution in [0.4, 0.5) is 0 Å². The van der Waals surface area contributed by atoms with Crippen LogP contribution in [-0.2, 0) is 0 Å². The Kier molecular flexibility index (Phi) is 3.90. The van der Waals surface area contributed by atoms with Crippen molar-refractivity contribution in [1.29, 1.82) is 0 Å². The molecule has 4 unspecified atom stereocenters. The van der Waals surface area contributed by atoms with Gasteiger partial charge in [-0.3, -0.25) is 0 Å². The zero-order valence-electron chi connectivity index (χ0n) is 10.9. The maximum absolute atomic E-state index is 6.07. The fourth-order valence-corrected chi connectivity index (χ4v) is 4.77. The first-order valence-electron chi connectivity index (χ1n) is 7.21. The van der Waals surface area contributed by atoms with Gasteiger partial charge in [-0.15, -0.1) is 21.8 Å². The highest BCUT2D eigenvalue weighted by atomic mass is 35.5. The van der Waals surface area contributed by atoms with Gasteiger partial charge in [-0.25, -0.2) is 0 Å². The quantitative estimate of drug-likeness (QED) is 0.721. The molecule has 4 atom stereocenters. The predicted octanol–water partition coefficient (Wildman–Crippen LogP) is 4.91. The molecular formula is C14H21ClN2S. The fraction of sp³-hybridized carbons (Fsp3) is 0.857. The molecule has 0 N–H and O–H groups in total.